The standard InChI is InChI=1S/C67H100O17/c1-66(2,3)84-65(68)16-10-7-11-29-83-60-21-17-57(18-22-60)59-20-24-62-61-23-19-58(56-14-8-6-9-15-56)54-63(61)67(64(62)55-59,25-12-27-71-32-30-69-4)26-13-28-72-34-35-74-38-39-76-42-43-78-46-47-80-50-51-82-53-52-81-49-48-79-45-44-77-41-40-75-37-36-73-33-31-70-5/h6,8-9,14-15,17-24,54-55H,7,10-13,16,25-53H2,1-5H3. The van der Waals surface area contributed by atoms with Gasteiger partial charge in [0.15, 0.2) is 0 Å². The molecule has 0 saturated carbocycles. The molecule has 4 aromatic rings. The van der Waals surface area contributed by atoms with Crippen molar-refractivity contribution in [1.82, 2.24) is 0 Å². The minimum Gasteiger partial charge on any atom is -0.494 e. The molecule has 0 amide bonds. The van der Waals surface area contributed by atoms with Gasteiger partial charge in [-0.15, -0.1) is 0 Å². The molecule has 0 heterocycles. The highest BCUT2D eigenvalue weighted by Crippen LogP contribution is 2.55. The number of esters is 1. The predicted octanol–water partition coefficient (Wildman–Crippen LogP) is 10.6. The Bertz CT molecular complexity index is 2280. The summed E-state index contributed by atoms with van der Waals surface area (Å²) in [6, 6.07) is 33.1. The smallest absolute Gasteiger partial charge is 0.306 e. The molecule has 17 heteroatoms. The quantitative estimate of drug-likeness (QED) is 0.0303. The summed E-state index contributed by atoms with van der Waals surface area (Å²) in [5.41, 5.74) is 9.25. The summed E-state index contributed by atoms with van der Waals surface area (Å²) in [6.45, 7) is 19.8. The van der Waals surface area contributed by atoms with Crippen molar-refractivity contribution < 1.29 is 80.6 Å². The van der Waals surface area contributed by atoms with Crippen LogP contribution in [-0.4, -0.2) is 204 Å². The molecule has 0 bridgehead atoms. The molecule has 17 nitrogen and oxygen atoms in total. The molecule has 0 radical (unpaired) electrons. The number of methoxy groups -OCH3 is 2. The van der Waals surface area contributed by atoms with Crippen molar-refractivity contribution >= 4 is 5.97 Å². The topological polar surface area (TPSA) is 165 Å². The van der Waals surface area contributed by atoms with Crippen molar-refractivity contribution in [2.75, 3.05) is 193 Å². The van der Waals surface area contributed by atoms with E-state index in [0.29, 0.717) is 185 Å². The molecule has 0 N–H and O–H groups in total. The maximum atomic E-state index is 12.1. The van der Waals surface area contributed by atoms with E-state index in [1.165, 1.54) is 38.9 Å². The van der Waals surface area contributed by atoms with Gasteiger partial charge < -0.3 is 75.8 Å². The van der Waals surface area contributed by atoms with Gasteiger partial charge in [-0.25, -0.2) is 0 Å². The second-order valence-corrected chi connectivity index (χ2v) is 21.3. The van der Waals surface area contributed by atoms with Crippen LogP contribution in [0.1, 0.15) is 83.3 Å². The van der Waals surface area contributed by atoms with E-state index in [-0.39, 0.29) is 11.4 Å². The fraction of sp³-hybridized carbons (Fsp3) is 0.627. The average Bonchev–Trinajstić information content (AvgIpc) is 1.76. The molecule has 0 saturated heterocycles. The van der Waals surface area contributed by atoms with Gasteiger partial charge in [-0.2, -0.15) is 0 Å². The van der Waals surface area contributed by atoms with Crippen LogP contribution >= 0.6 is 0 Å². The van der Waals surface area contributed by atoms with Crippen LogP contribution in [0.4, 0.5) is 0 Å². The first-order valence-corrected chi connectivity index (χ1v) is 30.4. The highest BCUT2D eigenvalue weighted by Gasteiger charge is 2.43. The Labute approximate surface area is 501 Å². The lowest BCUT2D eigenvalue weighted by molar-refractivity contribution is -0.154. The SMILES string of the molecule is COCCOCCCC1(CCCOCCOCCOCCOCCOCCOCCOCCOCCOCCOCCOCCOC)c2cc(-c3ccccc3)ccc2-c2ccc(-c3ccc(OCCCCCC(=O)OC(C)(C)C)cc3)cc21. The van der Waals surface area contributed by atoms with Crippen molar-refractivity contribution in [3.63, 3.8) is 0 Å². The van der Waals surface area contributed by atoms with Crippen LogP contribution in [-0.2, 0) is 81.3 Å². The summed E-state index contributed by atoms with van der Waals surface area (Å²) < 4.78 is 89.8. The van der Waals surface area contributed by atoms with Crippen molar-refractivity contribution in [3.8, 4) is 39.1 Å². The third-order valence-corrected chi connectivity index (χ3v) is 13.7. The van der Waals surface area contributed by atoms with Gasteiger partial charge in [0.1, 0.15) is 11.4 Å². The monoisotopic (exact) mass is 1180 g/mol. The highest BCUT2D eigenvalue weighted by atomic mass is 16.6. The Kier molecular flexibility index (Phi) is 36.9. The fourth-order valence-electron chi connectivity index (χ4n) is 9.66. The molecule has 4 aromatic carbocycles. The predicted molar refractivity (Wildman–Crippen MR) is 325 cm³/mol. The molecule has 0 aliphatic heterocycles. The molecule has 84 heavy (non-hydrogen) atoms. The summed E-state index contributed by atoms with van der Waals surface area (Å²) in [5, 5.41) is 0. The van der Waals surface area contributed by atoms with Crippen LogP contribution in [0, 0.1) is 0 Å². The number of rotatable bonds is 53. The number of fused-ring (bicyclic) bond motifs is 3. The van der Waals surface area contributed by atoms with Gasteiger partial charge in [0, 0.05) is 39.3 Å². The van der Waals surface area contributed by atoms with E-state index in [1.807, 2.05) is 20.8 Å². The van der Waals surface area contributed by atoms with Gasteiger partial charge in [0.2, 0.25) is 0 Å². The number of hydrogen-bond donors (Lipinski definition) is 0. The maximum Gasteiger partial charge on any atom is 0.306 e. The summed E-state index contributed by atoms with van der Waals surface area (Å²) in [5.74, 6) is 0.686. The lowest BCUT2D eigenvalue weighted by atomic mass is 9.70. The molecule has 1 atom stereocenters. The first-order chi connectivity index (χ1) is 41.2. The molecular weight excluding hydrogens is 1080 g/mol. The maximum absolute atomic E-state index is 12.1. The molecule has 1 aliphatic rings. The van der Waals surface area contributed by atoms with Crippen LogP contribution in [0.15, 0.2) is 91.0 Å². The van der Waals surface area contributed by atoms with Crippen molar-refractivity contribution in [2.45, 2.75) is 83.2 Å². The largest absolute Gasteiger partial charge is 0.494 e. The van der Waals surface area contributed by atoms with Crippen LogP contribution in [0.5, 0.6) is 5.75 Å². The first-order valence-electron chi connectivity index (χ1n) is 30.4. The molecule has 0 fully saturated rings. The second kappa shape index (κ2) is 44.1. The number of hydrogen-bond acceptors (Lipinski definition) is 17. The zero-order valence-corrected chi connectivity index (χ0v) is 51.3. The third-order valence-electron chi connectivity index (χ3n) is 13.7. The lowest BCUT2D eigenvalue weighted by Crippen LogP contribution is -2.27. The zero-order chi connectivity index (χ0) is 59.4. The average molecular weight is 1180 g/mol. The van der Waals surface area contributed by atoms with Crippen molar-refractivity contribution in [3.05, 3.63) is 102 Å². The minimum atomic E-state index is -0.457. The zero-order valence-electron chi connectivity index (χ0n) is 51.3. The van der Waals surface area contributed by atoms with Crippen LogP contribution in [0.2, 0.25) is 0 Å². The number of carbonyl (C=O) groups is 1. The Morgan fingerprint density at radius 3 is 1.07 bits per heavy atom. The molecule has 1 unspecified atom stereocenters. The van der Waals surface area contributed by atoms with Gasteiger partial charge in [-0.05, 0) is 134 Å². The van der Waals surface area contributed by atoms with E-state index >= 15 is 0 Å². The van der Waals surface area contributed by atoms with Gasteiger partial charge in [-0.1, -0.05) is 66.7 Å². The normalized spacial score (nSPS) is 13.8. The summed E-state index contributed by atoms with van der Waals surface area (Å²) in [4.78, 5) is 12.1. The summed E-state index contributed by atoms with van der Waals surface area (Å²) in [6.07, 6.45) is 6.57. The highest BCUT2D eigenvalue weighted by molar-refractivity contribution is 5.86. The molecule has 1 aliphatic carbocycles. The number of carbonyl (C=O) groups excluding carboxylic acids is 1. The summed E-state index contributed by atoms with van der Waals surface area (Å²) >= 11 is 0. The Hall–Kier alpha value is -4.41. The van der Waals surface area contributed by atoms with E-state index < -0.39 is 5.60 Å². The first kappa shape index (κ1) is 70.4. The fourth-order valence-corrected chi connectivity index (χ4v) is 9.66. The van der Waals surface area contributed by atoms with E-state index in [4.69, 9.17) is 75.8 Å². The van der Waals surface area contributed by atoms with E-state index in [0.717, 1.165) is 56.3 Å². The van der Waals surface area contributed by atoms with E-state index in [2.05, 4.69) is 91.0 Å². The second-order valence-electron chi connectivity index (χ2n) is 21.3. The van der Waals surface area contributed by atoms with Crippen LogP contribution < -0.4 is 4.74 Å². The van der Waals surface area contributed by atoms with E-state index in [9.17, 15) is 4.79 Å². The number of benzene rings is 4. The Morgan fingerprint density at radius 2 is 0.702 bits per heavy atom. The van der Waals surface area contributed by atoms with Gasteiger partial charge in [-0.3, -0.25) is 4.79 Å². The third kappa shape index (κ3) is 28.9. The number of unbranched alkanes of at least 4 members (excludes halogenated alkanes) is 2. The molecule has 470 valence electrons. The summed E-state index contributed by atoms with van der Waals surface area (Å²) in [7, 11) is 3.35. The van der Waals surface area contributed by atoms with Crippen molar-refractivity contribution in [2.24, 2.45) is 0 Å². The lowest BCUT2D eigenvalue weighted by Gasteiger charge is -2.33. The van der Waals surface area contributed by atoms with Crippen LogP contribution in [0.3, 0.4) is 0 Å². The van der Waals surface area contributed by atoms with Gasteiger partial charge in [0.25, 0.3) is 0 Å². The molecule has 0 aromatic heterocycles. The van der Waals surface area contributed by atoms with Crippen LogP contribution in [0.25, 0.3) is 33.4 Å². The van der Waals surface area contributed by atoms with Gasteiger partial charge >= 0.3 is 5.97 Å². The van der Waals surface area contributed by atoms with Crippen molar-refractivity contribution in [1.29, 1.82) is 0 Å². The number of ether oxygens (including phenoxy) is 16. The molecular formula is C67H100O17. The molecule has 0 spiro atoms. The Balaban J connectivity index is 0.959. The minimum absolute atomic E-state index is 0.148. The Morgan fingerprint density at radius 1 is 0.357 bits per heavy atom. The molecule has 5 rings (SSSR count). The van der Waals surface area contributed by atoms with Gasteiger partial charge in [0.05, 0.1) is 165 Å². The van der Waals surface area contributed by atoms with E-state index in [1.54, 1.807) is 14.2 Å².